The second kappa shape index (κ2) is 12.3. The van der Waals surface area contributed by atoms with Crippen LogP contribution in [-0.2, 0) is 0 Å². The van der Waals surface area contributed by atoms with Gasteiger partial charge in [0.25, 0.3) is 0 Å². The lowest BCUT2D eigenvalue weighted by molar-refractivity contribution is 0.949. The van der Waals surface area contributed by atoms with Crippen molar-refractivity contribution in [2.45, 2.75) is 0 Å². The summed E-state index contributed by atoms with van der Waals surface area (Å²) in [4.78, 5) is 13.8. The maximum atomic E-state index is 10.0. The van der Waals surface area contributed by atoms with Crippen LogP contribution in [0.2, 0.25) is 0 Å². The van der Waals surface area contributed by atoms with Crippen LogP contribution in [0.5, 0.6) is 0 Å². The predicted octanol–water partition coefficient (Wildman–Crippen LogP) is 12.5. The average Bonchev–Trinajstić information content (AvgIpc) is 1.57. The molecule has 57 heavy (non-hydrogen) atoms. The molecule has 0 N–H and O–H groups in total. The van der Waals surface area contributed by atoms with Gasteiger partial charge in [0.2, 0.25) is 5.95 Å². The van der Waals surface area contributed by atoms with Crippen molar-refractivity contribution >= 4 is 65.4 Å². The molecule has 0 saturated carbocycles. The molecule has 6 nitrogen and oxygen atoms in total. The largest absolute Gasteiger partial charge is 0.308 e. The lowest BCUT2D eigenvalue weighted by atomic mass is 10.1. The first-order valence-corrected chi connectivity index (χ1v) is 16.6. The molecule has 0 aliphatic rings. The first-order valence-electron chi connectivity index (χ1n) is 32.6. The molecule has 4 heterocycles. The molecular formula is C51H32N6. The van der Waals surface area contributed by atoms with E-state index < -0.39 is 299 Å². The summed E-state index contributed by atoms with van der Waals surface area (Å²) >= 11 is 0. The Hall–Kier alpha value is -7.83. The van der Waals surface area contributed by atoms with Gasteiger partial charge in [-0.05, 0) is 48.3 Å². The van der Waals surface area contributed by atoms with Gasteiger partial charge >= 0.3 is 0 Å². The van der Waals surface area contributed by atoms with E-state index in [1.54, 1.807) is 0 Å². The normalized spacial score (nSPS) is 19.7. The molecular weight excluding hydrogens is 697 g/mol. The molecule has 0 saturated heterocycles. The third-order valence-corrected chi connectivity index (χ3v) is 9.15. The van der Waals surface area contributed by atoms with Crippen LogP contribution in [0, 0.1) is 0 Å². The Kier molecular flexibility index (Phi) is 2.91. The van der Waals surface area contributed by atoms with Crippen LogP contribution >= 0.6 is 0 Å². The Labute approximate surface area is 372 Å². The summed E-state index contributed by atoms with van der Waals surface area (Å²) in [5.74, 6) is -3.27. The van der Waals surface area contributed by atoms with Crippen molar-refractivity contribution < 1.29 is 43.9 Å². The maximum Gasteiger partial charge on any atom is 0.238 e. The zero-order valence-corrected chi connectivity index (χ0v) is 28.2. The van der Waals surface area contributed by atoms with Crippen molar-refractivity contribution in [3.05, 3.63) is 193 Å². The van der Waals surface area contributed by atoms with E-state index in [0.717, 1.165) is 0 Å². The van der Waals surface area contributed by atoms with Gasteiger partial charge in [0.15, 0.2) is 11.6 Å². The average molecular weight is 761 g/mol. The number of aromatic nitrogens is 6. The summed E-state index contributed by atoms with van der Waals surface area (Å²) in [5, 5.41) is -3.80. The molecule has 0 fully saturated rings. The molecule has 4 aromatic heterocycles. The molecule has 0 radical (unpaired) electrons. The van der Waals surface area contributed by atoms with Gasteiger partial charge < -0.3 is 9.13 Å². The molecule has 266 valence electrons. The third kappa shape index (κ3) is 4.68. The van der Waals surface area contributed by atoms with E-state index in [-0.39, 0.29) is 0 Å². The van der Waals surface area contributed by atoms with Crippen LogP contribution in [0.25, 0.3) is 106 Å². The van der Waals surface area contributed by atoms with Gasteiger partial charge in [-0.1, -0.05) is 145 Å². The van der Waals surface area contributed by atoms with Crippen molar-refractivity contribution in [1.29, 1.82) is 0 Å². The van der Waals surface area contributed by atoms with Crippen LogP contribution in [0.3, 0.4) is 0 Å². The summed E-state index contributed by atoms with van der Waals surface area (Å²) in [6.45, 7) is 0. The highest BCUT2D eigenvalue weighted by molar-refractivity contribution is 6.12. The predicted molar refractivity (Wildman–Crippen MR) is 234 cm³/mol. The van der Waals surface area contributed by atoms with E-state index in [1.807, 2.05) is 0 Å². The van der Waals surface area contributed by atoms with Gasteiger partial charge in [-0.25, -0.2) is 4.98 Å². The number of para-hydroxylation sites is 6. The van der Waals surface area contributed by atoms with E-state index in [1.165, 1.54) is 0 Å². The highest BCUT2D eigenvalue weighted by atomic mass is 15.2. The van der Waals surface area contributed by atoms with Crippen LogP contribution < -0.4 is 0 Å². The summed E-state index contributed by atoms with van der Waals surface area (Å²) in [7, 11) is 0. The fourth-order valence-electron chi connectivity index (χ4n) is 6.89. The second-order valence-electron chi connectivity index (χ2n) is 12.1. The van der Waals surface area contributed by atoms with Crippen molar-refractivity contribution in [3.8, 4) is 40.1 Å². The quantitative estimate of drug-likeness (QED) is 0.176. The molecule has 12 aromatic rings. The zero-order valence-electron chi connectivity index (χ0n) is 60.2. The smallest absolute Gasteiger partial charge is 0.238 e. The summed E-state index contributed by atoms with van der Waals surface area (Å²) in [6, 6.07) is -32.2. The Balaban J connectivity index is 1.48. The van der Waals surface area contributed by atoms with Crippen molar-refractivity contribution in [2.24, 2.45) is 0 Å². The van der Waals surface area contributed by atoms with E-state index >= 15 is 0 Å². The van der Waals surface area contributed by atoms with Gasteiger partial charge in [0, 0.05) is 37.9 Å². The van der Waals surface area contributed by atoms with E-state index in [4.69, 9.17) is 28.3 Å². The molecule has 0 spiro atoms. The third-order valence-electron chi connectivity index (χ3n) is 9.15. The van der Waals surface area contributed by atoms with Gasteiger partial charge in [-0.15, -0.1) is 0 Å². The molecule has 12 rings (SSSR count). The molecule has 0 atom stereocenters. The second-order valence-corrected chi connectivity index (χ2v) is 12.1. The number of fused-ring (bicyclic) bond motifs is 9. The maximum absolute atomic E-state index is 10.0. The summed E-state index contributed by atoms with van der Waals surface area (Å²) < 4.78 is 294. The van der Waals surface area contributed by atoms with Crippen LogP contribution in [0.1, 0.15) is 43.9 Å². The van der Waals surface area contributed by atoms with Gasteiger partial charge in [-0.3, -0.25) is 4.57 Å². The van der Waals surface area contributed by atoms with Gasteiger partial charge in [-0.2, -0.15) is 9.97 Å². The fourth-order valence-corrected chi connectivity index (χ4v) is 6.89. The Morgan fingerprint density at radius 1 is 0.298 bits per heavy atom. The lowest BCUT2D eigenvalue weighted by Crippen LogP contribution is -2.10. The van der Waals surface area contributed by atoms with E-state index in [0.29, 0.717) is 13.7 Å². The number of nitrogens with zero attached hydrogens (tertiary/aromatic N) is 6. The van der Waals surface area contributed by atoms with Gasteiger partial charge in [0.05, 0.1) is 93.9 Å². The van der Waals surface area contributed by atoms with E-state index in [2.05, 4.69) is 9.97 Å². The molecule has 0 aliphatic carbocycles. The monoisotopic (exact) mass is 760 g/mol. The van der Waals surface area contributed by atoms with E-state index in [9.17, 15) is 20.6 Å². The molecule has 8 aromatic carbocycles. The SMILES string of the molecule is [2H]c1c([2H])c([2H])c(-c2nc(-c3c(-n4c5c([2H])c([2H])c([2H])c([2H])c5c5c([2H])c([2H])c([2H])c([2H])c54)c([2H])c([2H])c([2H])c3-n3c4c([2H])c([2H])c([2H])c([2H])c4c4c([2H])c([2H])c([2H])c([2H])c43)nc(-n3c4c([2H])c([2H])c([2H])c([2H])c4c4c([2H])c([2H])c([2H])c([2H])c43)n2)c([2H])c1[2H]. The first-order chi connectivity index (χ1) is 41.6. The fraction of sp³-hybridized carbons (Fsp3) is 0. The van der Waals surface area contributed by atoms with Crippen LogP contribution in [0.15, 0.2) is 193 Å². The van der Waals surface area contributed by atoms with Crippen molar-refractivity contribution in [2.75, 3.05) is 0 Å². The highest BCUT2D eigenvalue weighted by Gasteiger charge is 2.25. The van der Waals surface area contributed by atoms with Crippen LogP contribution in [-0.4, -0.2) is 28.7 Å². The Morgan fingerprint density at radius 2 is 0.632 bits per heavy atom. The lowest BCUT2D eigenvalue weighted by Gasteiger charge is -2.20. The minimum Gasteiger partial charge on any atom is -0.308 e. The standard InChI is InChI=1S/C51H32N6/c1-2-17-33(18-3-1)49-52-50(54-51(53-49)57-44-29-14-8-23-38(44)39-24-9-15-30-45(39)57)48-46(55-40-25-10-4-19-34(40)35-20-5-11-26-41(35)55)31-16-32-47(48)56-42-27-12-6-21-36(42)37-22-7-13-28-43(37)56/h1-32H/i1D,2D,3D,4D,5D,6D,7D,8D,9D,10D,11D,12D,13D,14D,15D,16D,17D,18D,19D,20D,21D,22D,23D,24D,25D,26D,27D,28D,29D,30D,31D,32D. The molecule has 0 unspecified atom stereocenters. The highest BCUT2D eigenvalue weighted by Crippen LogP contribution is 2.42. The molecule has 0 bridgehead atoms. The Bertz CT molecular complexity index is 4970. The van der Waals surface area contributed by atoms with Crippen LogP contribution in [0.4, 0.5) is 0 Å². The molecule has 0 aliphatic heterocycles. The minimum atomic E-state index is -1.23. The van der Waals surface area contributed by atoms with Crippen molar-refractivity contribution in [1.82, 2.24) is 28.7 Å². The number of benzene rings is 8. The summed E-state index contributed by atoms with van der Waals surface area (Å²) in [6.07, 6.45) is 0. The molecule has 6 heteroatoms. The first kappa shape index (κ1) is 13.4. The van der Waals surface area contributed by atoms with Crippen molar-refractivity contribution in [3.63, 3.8) is 0 Å². The number of hydrogen-bond acceptors (Lipinski definition) is 3. The number of hydrogen-bond donors (Lipinski definition) is 0. The zero-order chi connectivity index (χ0) is 65.3. The summed E-state index contributed by atoms with van der Waals surface area (Å²) in [5.41, 5.74) is -8.70. The molecule has 0 amide bonds. The Morgan fingerprint density at radius 3 is 1.04 bits per heavy atom. The van der Waals surface area contributed by atoms with Gasteiger partial charge in [0.1, 0.15) is 0 Å². The minimum absolute atomic E-state index is 0.590. The topological polar surface area (TPSA) is 53.5 Å². The number of rotatable bonds is 5.